The summed E-state index contributed by atoms with van der Waals surface area (Å²) in [6, 6.07) is 12.0. The molecule has 1 N–H and O–H groups in total. The van der Waals surface area contributed by atoms with Crippen molar-refractivity contribution in [2.75, 3.05) is 18.5 Å². The first-order chi connectivity index (χ1) is 13.9. The van der Waals surface area contributed by atoms with Crippen LogP contribution in [0.5, 0.6) is 0 Å². The Morgan fingerprint density at radius 2 is 1.93 bits per heavy atom. The van der Waals surface area contributed by atoms with Gasteiger partial charge in [0, 0.05) is 37.3 Å². The molecule has 0 aromatic heterocycles. The van der Waals surface area contributed by atoms with Gasteiger partial charge in [-0.05, 0) is 36.2 Å². The number of nitrogens with one attached hydrogen (secondary N) is 1. The fourth-order valence-corrected chi connectivity index (χ4v) is 2.97. The molecule has 9 heteroatoms. The number of carbonyl (C=O) groups excluding carboxylic acids is 3. The van der Waals surface area contributed by atoms with Crippen molar-refractivity contribution >= 4 is 29.2 Å². The van der Waals surface area contributed by atoms with Crippen molar-refractivity contribution in [3.63, 3.8) is 0 Å². The van der Waals surface area contributed by atoms with E-state index in [0.29, 0.717) is 25.2 Å². The van der Waals surface area contributed by atoms with E-state index < -0.39 is 23.4 Å². The van der Waals surface area contributed by atoms with Crippen LogP contribution in [0.2, 0.25) is 0 Å². The molecule has 2 amide bonds. The summed E-state index contributed by atoms with van der Waals surface area (Å²) in [5.74, 6) is -1.12. The van der Waals surface area contributed by atoms with E-state index in [2.05, 4.69) is 5.32 Å². The molecule has 1 aliphatic heterocycles. The lowest BCUT2D eigenvalue weighted by Gasteiger charge is -2.15. The smallest absolute Gasteiger partial charge is 0.338 e. The molecular formula is C20H19N3O6. The molecule has 0 unspecified atom stereocenters. The summed E-state index contributed by atoms with van der Waals surface area (Å²) in [7, 11) is 0. The number of non-ortho nitro benzene ring substituents is 1. The number of benzene rings is 2. The fourth-order valence-electron chi connectivity index (χ4n) is 2.97. The van der Waals surface area contributed by atoms with Gasteiger partial charge in [-0.2, -0.15) is 0 Å². The molecule has 2 aromatic rings. The van der Waals surface area contributed by atoms with Gasteiger partial charge in [0.2, 0.25) is 5.91 Å². The van der Waals surface area contributed by atoms with Gasteiger partial charge in [0.05, 0.1) is 10.5 Å². The Bertz CT molecular complexity index is 941. The van der Waals surface area contributed by atoms with E-state index in [-0.39, 0.29) is 17.2 Å². The number of nitrogens with zero attached hydrogens (tertiary/aromatic N) is 2. The van der Waals surface area contributed by atoms with Crippen molar-refractivity contribution in [3.8, 4) is 0 Å². The van der Waals surface area contributed by atoms with Crippen LogP contribution in [0, 0.1) is 10.1 Å². The number of hydrogen-bond acceptors (Lipinski definition) is 6. The Hall–Kier alpha value is -3.75. The standard InChI is InChI=1S/C20H19N3O6/c24-18(21-16-6-8-17(9-7-16)23(27)28)13-29-20(26)15-4-1-3-14(11-15)12-22-10-2-5-19(22)25/h1,3-4,6-9,11H,2,5,10,12-13H2,(H,21,24). The van der Waals surface area contributed by atoms with Crippen LogP contribution in [0.1, 0.15) is 28.8 Å². The molecule has 1 fully saturated rings. The largest absolute Gasteiger partial charge is 0.452 e. The van der Waals surface area contributed by atoms with Crippen molar-refractivity contribution in [2.24, 2.45) is 0 Å². The fraction of sp³-hybridized carbons (Fsp3) is 0.250. The van der Waals surface area contributed by atoms with Gasteiger partial charge in [-0.1, -0.05) is 12.1 Å². The van der Waals surface area contributed by atoms with Crippen LogP contribution in [0.4, 0.5) is 11.4 Å². The second kappa shape index (κ2) is 8.96. The van der Waals surface area contributed by atoms with E-state index in [1.54, 1.807) is 23.1 Å². The topological polar surface area (TPSA) is 119 Å². The lowest BCUT2D eigenvalue weighted by molar-refractivity contribution is -0.384. The van der Waals surface area contributed by atoms with Gasteiger partial charge in [0.1, 0.15) is 0 Å². The SMILES string of the molecule is O=C(COC(=O)c1cccc(CN2CCCC2=O)c1)Nc1ccc([N+](=O)[O-])cc1. The minimum Gasteiger partial charge on any atom is -0.452 e. The third kappa shape index (κ3) is 5.38. The molecule has 150 valence electrons. The lowest BCUT2D eigenvalue weighted by atomic mass is 10.1. The number of likely N-dealkylation sites (tertiary alicyclic amines) is 1. The van der Waals surface area contributed by atoms with Crippen LogP contribution in [0.25, 0.3) is 0 Å². The summed E-state index contributed by atoms with van der Waals surface area (Å²) in [5, 5.41) is 13.1. The first-order valence-corrected chi connectivity index (χ1v) is 9.00. The Balaban J connectivity index is 1.52. The maximum absolute atomic E-state index is 12.2. The summed E-state index contributed by atoms with van der Waals surface area (Å²) in [5.41, 5.74) is 1.36. The zero-order valence-electron chi connectivity index (χ0n) is 15.5. The van der Waals surface area contributed by atoms with Crippen LogP contribution >= 0.6 is 0 Å². The number of esters is 1. The summed E-state index contributed by atoms with van der Waals surface area (Å²) in [6.07, 6.45) is 1.38. The van der Waals surface area contributed by atoms with E-state index in [0.717, 1.165) is 12.0 Å². The molecule has 1 aliphatic rings. The van der Waals surface area contributed by atoms with Crippen LogP contribution in [-0.2, 0) is 20.9 Å². The molecule has 2 aromatic carbocycles. The number of anilines is 1. The summed E-state index contributed by atoms with van der Waals surface area (Å²) >= 11 is 0. The molecule has 0 saturated carbocycles. The van der Waals surface area contributed by atoms with Gasteiger partial charge in [-0.3, -0.25) is 19.7 Å². The average Bonchev–Trinajstić information content (AvgIpc) is 3.11. The molecule has 9 nitrogen and oxygen atoms in total. The monoisotopic (exact) mass is 397 g/mol. The van der Waals surface area contributed by atoms with Gasteiger partial charge in [0.15, 0.2) is 6.61 Å². The molecule has 1 saturated heterocycles. The molecule has 0 bridgehead atoms. The number of ether oxygens (including phenoxy) is 1. The number of nitro groups is 1. The molecule has 1 heterocycles. The molecule has 0 radical (unpaired) electrons. The van der Waals surface area contributed by atoms with Crippen molar-refractivity contribution in [2.45, 2.75) is 19.4 Å². The molecule has 0 spiro atoms. The lowest BCUT2D eigenvalue weighted by Crippen LogP contribution is -2.24. The Morgan fingerprint density at radius 3 is 2.59 bits per heavy atom. The first kappa shape index (κ1) is 20.0. The maximum Gasteiger partial charge on any atom is 0.338 e. The third-order valence-electron chi connectivity index (χ3n) is 4.40. The number of hydrogen-bond donors (Lipinski definition) is 1. The zero-order valence-corrected chi connectivity index (χ0v) is 15.5. The average molecular weight is 397 g/mol. The van der Waals surface area contributed by atoms with Crippen LogP contribution in [-0.4, -0.2) is 40.8 Å². The zero-order chi connectivity index (χ0) is 20.8. The Morgan fingerprint density at radius 1 is 1.17 bits per heavy atom. The van der Waals surface area contributed by atoms with Gasteiger partial charge < -0.3 is 15.0 Å². The van der Waals surface area contributed by atoms with E-state index in [1.165, 1.54) is 24.3 Å². The highest BCUT2D eigenvalue weighted by Gasteiger charge is 2.20. The van der Waals surface area contributed by atoms with Crippen molar-refractivity contribution in [1.82, 2.24) is 4.90 Å². The first-order valence-electron chi connectivity index (χ1n) is 9.00. The minimum absolute atomic E-state index is 0.0926. The maximum atomic E-state index is 12.2. The number of nitro benzene ring substituents is 1. The normalized spacial score (nSPS) is 13.2. The second-order valence-electron chi connectivity index (χ2n) is 6.55. The van der Waals surface area contributed by atoms with E-state index in [1.807, 2.05) is 6.07 Å². The second-order valence-corrected chi connectivity index (χ2v) is 6.55. The van der Waals surface area contributed by atoms with Crippen LogP contribution in [0.3, 0.4) is 0 Å². The predicted octanol–water partition coefficient (Wildman–Crippen LogP) is 2.51. The number of amides is 2. The van der Waals surface area contributed by atoms with E-state index in [4.69, 9.17) is 4.74 Å². The van der Waals surface area contributed by atoms with Crippen molar-refractivity contribution in [1.29, 1.82) is 0 Å². The molecule has 0 aliphatic carbocycles. The summed E-state index contributed by atoms with van der Waals surface area (Å²) < 4.78 is 5.03. The number of carbonyl (C=O) groups is 3. The van der Waals surface area contributed by atoms with Crippen molar-refractivity contribution in [3.05, 3.63) is 69.8 Å². The molecule has 3 rings (SSSR count). The quantitative estimate of drug-likeness (QED) is 0.436. The third-order valence-corrected chi connectivity index (χ3v) is 4.40. The van der Waals surface area contributed by atoms with Gasteiger partial charge in [-0.25, -0.2) is 4.79 Å². The molecular weight excluding hydrogens is 378 g/mol. The summed E-state index contributed by atoms with van der Waals surface area (Å²) in [4.78, 5) is 47.7. The summed E-state index contributed by atoms with van der Waals surface area (Å²) in [6.45, 7) is 0.640. The van der Waals surface area contributed by atoms with Gasteiger partial charge >= 0.3 is 5.97 Å². The number of rotatable bonds is 7. The highest BCUT2D eigenvalue weighted by Crippen LogP contribution is 2.17. The van der Waals surface area contributed by atoms with Gasteiger partial charge in [0.25, 0.3) is 11.6 Å². The van der Waals surface area contributed by atoms with Gasteiger partial charge in [-0.15, -0.1) is 0 Å². The Kier molecular flexibility index (Phi) is 6.18. The van der Waals surface area contributed by atoms with Crippen LogP contribution in [0.15, 0.2) is 48.5 Å². The van der Waals surface area contributed by atoms with E-state index >= 15 is 0 Å². The highest BCUT2D eigenvalue weighted by atomic mass is 16.6. The van der Waals surface area contributed by atoms with E-state index in [9.17, 15) is 24.5 Å². The predicted molar refractivity (Wildman–Crippen MR) is 103 cm³/mol. The minimum atomic E-state index is -0.654. The van der Waals surface area contributed by atoms with Crippen molar-refractivity contribution < 1.29 is 24.0 Å². The Labute approximate surface area is 166 Å². The highest BCUT2D eigenvalue weighted by molar-refractivity contribution is 5.95. The molecule has 29 heavy (non-hydrogen) atoms. The molecule has 0 atom stereocenters. The van der Waals surface area contributed by atoms with Crippen LogP contribution < -0.4 is 5.32 Å².